The molecule has 1 aromatic carbocycles. The van der Waals surface area contributed by atoms with Gasteiger partial charge in [0, 0.05) is 6.54 Å². The van der Waals surface area contributed by atoms with E-state index in [1.165, 1.54) is 34.2 Å². The summed E-state index contributed by atoms with van der Waals surface area (Å²) in [5.74, 6) is 0.231. The zero-order chi connectivity index (χ0) is 18.8. The van der Waals surface area contributed by atoms with Crippen LogP contribution in [0.1, 0.15) is 36.9 Å². The van der Waals surface area contributed by atoms with Crippen molar-refractivity contribution in [1.82, 2.24) is 14.9 Å². The molecule has 0 aliphatic heterocycles. The number of fused-ring (bicyclic) bond motifs is 2. The highest BCUT2D eigenvalue weighted by Crippen LogP contribution is 2.31. The average molecular weight is 400 g/mol. The molecule has 4 rings (SSSR count). The number of amides is 1. The maximum absolute atomic E-state index is 12.7. The van der Waals surface area contributed by atoms with Gasteiger partial charge in [0.05, 0.1) is 17.3 Å². The summed E-state index contributed by atoms with van der Waals surface area (Å²) in [5.41, 5.74) is 3.24. The highest BCUT2D eigenvalue weighted by Gasteiger charge is 2.23. The molecule has 140 valence electrons. The average Bonchev–Trinajstić information content (AvgIpc) is 3.30. The lowest BCUT2D eigenvalue weighted by Gasteiger charge is -2.15. The molecule has 1 aliphatic carbocycles. The van der Waals surface area contributed by atoms with Gasteiger partial charge in [-0.15, -0.1) is 11.3 Å². The van der Waals surface area contributed by atoms with Crippen LogP contribution in [0.15, 0.2) is 45.7 Å². The number of aryl methyl sites for hydroxylation is 1. The number of thioether (sulfide) groups is 1. The van der Waals surface area contributed by atoms with E-state index < -0.39 is 0 Å². The van der Waals surface area contributed by atoms with Crippen molar-refractivity contribution in [2.75, 3.05) is 5.75 Å². The molecule has 2 heterocycles. The summed E-state index contributed by atoms with van der Waals surface area (Å²) < 4.78 is 2.38. The lowest BCUT2D eigenvalue weighted by atomic mass is 10.1. The van der Waals surface area contributed by atoms with E-state index in [1.807, 2.05) is 30.5 Å². The third-order valence-electron chi connectivity index (χ3n) is 4.78. The molecular formula is C20H21N3O2S2. The monoisotopic (exact) mass is 399 g/mol. The molecule has 0 saturated heterocycles. The SMILES string of the molecule is CCCn1c(SCC(=O)N[C@@H]2CCc3ccccc32)nc2ccsc2c1=O. The van der Waals surface area contributed by atoms with Crippen molar-refractivity contribution in [3.05, 3.63) is 57.2 Å². The van der Waals surface area contributed by atoms with Crippen LogP contribution in [0.25, 0.3) is 10.2 Å². The van der Waals surface area contributed by atoms with Crippen molar-refractivity contribution in [3.8, 4) is 0 Å². The molecule has 3 aromatic rings. The van der Waals surface area contributed by atoms with E-state index in [2.05, 4.69) is 22.4 Å². The number of aromatic nitrogens is 2. The van der Waals surface area contributed by atoms with Crippen molar-refractivity contribution in [2.24, 2.45) is 0 Å². The first-order chi connectivity index (χ1) is 13.2. The Bertz CT molecular complexity index is 1040. The zero-order valence-corrected chi connectivity index (χ0v) is 16.7. The predicted molar refractivity (Wildman–Crippen MR) is 111 cm³/mol. The van der Waals surface area contributed by atoms with Gasteiger partial charge in [0.1, 0.15) is 4.70 Å². The molecule has 0 spiro atoms. The molecule has 0 fully saturated rings. The lowest BCUT2D eigenvalue weighted by molar-refractivity contribution is -0.119. The Morgan fingerprint density at radius 2 is 2.22 bits per heavy atom. The number of nitrogens with one attached hydrogen (secondary N) is 1. The van der Waals surface area contributed by atoms with Crippen molar-refractivity contribution in [3.63, 3.8) is 0 Å². The highest BCUT2D eigenvalue weighted by atomic mass is 32.2. The summed E-state index contributed by atoms with van der Waals surface area (Å²) in [6, 6.07) is 10.2. The number of hydrogen-bond acceptors (Lipinski definition) is 5. The van der Waals surface area contributed by atoms with Gasteiger partial charge in [-0.2, -0.15) is 0 Å². The third-order valence-corrected chi connectivity index (χ3v) is 6.65. The molecule has 1 N–H and O–H groups in total. The van der Waals surface area contributed by atoms with Gasteiger partial charge in [0.25, 0.3) is 5.56 Å². The second-order valence-corrected chi connectivity index (χ2v) is 8.49. The van der Waals surface area contributed by atoms with Crippen LogP contribution in [0.4, 0.5) is 0 Å². The predicted octanol–water partition coefficient (Wildman–Crippen LogP) is 3.76. The molecule has 0 saturated carbocycles. The summed E-state index contributed by atoms with van der Waals surface area (Å²) in [7, 11) is 0. The molecular weight excluding hydrogens is 378 g/mol. The van der Waals surface area contributed by atoms with Crippen molar-refractivity contribution < 1.29 is 4.79 Å². The summed E-state index contributed by atoms with van der Waals surface area (Å²) in [5, 5.41) is 5.63. The maximum Gasteiger partial charge on any atom is 0.272 e. The van der Waals surface area contributed by atoms with Crippen LogP contribution in [-0.2, 0) is 17.8 Å². The largest absolute Gasteiger partial charge is 0.349 e. The van der Waals surface area contributed by atoms with E-state index in [0.717, 1.165) is 19.3 Å². The van der Waals surface area contributed by atoms with Crippen molar-refractivity contribution in [2.45, 2.75) is 43.9 Å². The van der Waals surface area contributed by atoms with Crippen LogP contribution in [0.2, 0.25) is 0 Å². The normalized spacial score (nSPS) is 15.8. The minimum Gasteiger partial charge on any atom is -0.349 e. The van der Waals surface area contributed by atoms with Gasteiger partial charge >= 0.3 is 0 Å². The van der Waals surface area contributed by atoms with E-state index in [0.29, 0.717) is 21.9 Å². The Morgan fingerprint density at radius 1 is 1.37 bits per heavy atom. The molecule has 0 unspecified atom stereocenters. The number of rotatable bonds is 6. The highest BCUT2D eigenvalue weighted by molar-refractivity contribution is 7.99. The van der Waals surface area contributed by atoms with E-state index in [9.17, 15) is 9.59 Å². The minimum atomic E-state index is -0.0237. The quantitative estimate of drug-likeness (QED) is 0.506. The van der Waals surface area contributed by atoms with E-state index >= 15 is 0 Å². The Hall–Kier alpha value is -2.12. The van der Waals surface area contributed by atoms with Crippen LogP contribution in [0.3, 0.4) is 0 Å². The number of benzene rings is 1. The fourth-order valence-electron chi connectivity index (χ4n) is 3.53. The first-order valence-corrected chi connectivity index (χ1v) is 11.0. The first-order valence-electron chi connectivity index (χ1n) is 9.15. The standard InChI is InChI=1S/C20H21N3O2S2/c1-2-10-23-19(25)18-16(9-11-26-18)22-20(23)27-12-17(24)21-15-8-7-13-5-3-4-6-14(13)15/h3-6,9,11,15H,2,7-8,10,12H2,1H3,(H,21,24)/t15-/m1/s1. The Kier molecular flexibility index (Phi) is 5.31. The zero-order valence-electron chi connectivity index (χ0n) is 15.1. The second-order valence-electron chi connectivity index (χ2n) is 6.63. The molecule has 0 radical (unpaired) electrons. The first kappa shape index (κ1) is 18.3. The van der Waals surface area contributed by atoms with Crippen LogP contribution >= 0.6 is 23.1 Å². The molecule has 2 aromatic heterocycles. The smallest absolute Gasteiger partial charge is 0.272 e. The topological polar surface area (TPSA) is 64.0 Å². The van der Waals surface area contributed by atoms with Crippen LogP contribution in [0.5, 0.6) is 0 Å². The molecule has 7 heteroatoms. The van der Waals surface area contributed by atoms with Gasteiger partial charge in [-0.3, -0.25) is 14.2 Å². The summed E-state index contributed by atoms with van der Waals surface area (Å²) >= 11 is 2.75. The van der Waals surface area contributed by atoms with Gasteiger partial charge in [0.15, 0.2) is 5.16 Å². The molecule has 1 atom stereocenters. The number of thiophene rings is 1. The Morgan fingerprint density at radius 3 is 3.07 bits per heavy atom. The summed E-state index contributed by atoms with van der Waals surface area (Å²) in [6.07, 6.45) is 2.78. The maximum atomic E-state index is 12.7. The number of nitrogens with zero attached hydrogens (tertiary/aromatic N) is 2. The van der Waals surface area contributed by atoms with Crippen LogP contribution < -0.4 is 10.9 Å². The van der Waals surface area contributed by atoms with E-state index in [4.69, 9.17) is 0 Å². The van der Waals surface area contributed by atoms with E-state index in [1.54, 1.807) is 4.57 Å². The van der Waals surface area contributed by atoms with Crippen molar-refractivity contribution >= 4 is 39.2 Å². The van der Waals surface area contributed by atoms with Crippen LogP contribution in [0, 0.1) is 0 Å². The molecule has 1 amide bonds. The number of carbonyl (C=O) groups is 1. The van der Waals surface area contributed by atoms with Gasteiger partial charge in [0.2, 0.25) is 5.91 Å². The van der Waals surface area contributed by atoms with Gasteiger partial charge in [-0.05, 0) is 41.8 Å². The third kappa shape index (κ3) is 3.66. The lowest BCUT2D eigenvalue weighted by Crippen LogP contribution is -2.29. The molecule has 0 bridgehead atoms. The Balaban J connectivity index is 1.48. The number of hydrogen-bond donors (Lipinski definition) is 1. The summed E-state index contributed by atoms with van der Waals surface area (Å²) in [4.78, 5) is 29.8. The fourth-order valence-corrected chi connectivity index (χ4v) is 5.14. The fraction of sp³-hybridized carbons (Fsp3) is 0.350. The van der Waals surface area contributed by atoms with Gasteiger partial charge < -0.3 is 5.32 Å². The number of carbonyl (C=O) groups excluding carboxylic acids is 1. The van der Waals surface area contributed by atoms with E-state index in [-0.39, 0.29) is 23.3 Å². The second kappa shape index (κ2) is 7.86. The molecule has 1 aliphatic rings. The molecule has 5 nitrogen and oxygen atoms in total. The Labute approximate surface area is 165 Å². The van der Waals surface area contributed by atoms with Crippen molar-refractivity contribution in [1.29, 1.82) is 0 Å². The minimum absolute atomic E-state index is 0.00974. The van der Waals surface area contributed by atoms with Crippen LogP contribution in [-0.4, -0.2) is 21.2 Å². The van der Waals surface area contributed by atoms with Gasteiger partial charge in [-0.25, -0.2) is 4.98 Å². The molecule has 27 heavy (non-hydrogen) atoms. The van der Waals surface area contributed by atoms with Gasteiger partial charge in [-0.1, -0.05) is 43.0 Å². The summed E-state index contributed by atoms with van der Waals surface area (Å²) in [6.45, 7) is 2.64.